The predicted molar refractivity (Wildman–Crippen MR) is 209 cm³/mol. The normalized spacial score (nSPS) is 20.4. The average Bonchev–Trinajstić information content (AvgIpc) is 3.86. The van der Waals surface area contributed by atoms with Crippen LogP contribution in [0.4, 0.5) is 0 Å². The van der Waals surface area contributed by atoms with Gasteiger partial charge in [-0.1, -0.05) is 133 Å². The molecule has 1 aliphatic rings. The number of nitrogens with one attached hydrogen (secondary N) is 4. The van der Waals surface area contributed by atoms with Crippen molar-refractivity contribution < 1.29 is 0 Å². The Hall–Kier alpha value is -6.26. The molecule has 0 amide bonds. The van der Waals surface area contributed by atoms with Gasteiger partial charge in [-0.3, -0.25) is 0 Å². The molecule has 4 bridgehead atoms. The van der Waals surface area contributed by atoms with Crippen molar-refractivity contribution in [2.24, 2.45) is 0 Å². The standard InChI is InChI=1S/C46H42N4/c1-47-41-27-15-25-37(33-17-7-3-8-18-33)39-29-30-40(49-39)38(34-19-9-4-10-20-34)26-16-28-42(48-2)46(36-23-13-6-14-24-36)44-32-31-43(50-44)45(41)35-21-11-5-12-22-35/h3-24,27-32,47-50H,25-26H2,1-2H3/b27-15-,28-16-,39-37+,40-38+,45-41-,46-42-. The van der Waals surface area contributed by atoms with E-state index in [0.717, 1.165) is 68.6 Å². The Morgan fingerprint density at radius 2 is 0.760 bits per heavy atom. The lowest BCUT2D eigenvalue weighted by Gasteiger charge is -2.15. The average molecular weight is 651 g/mol. The molecule has 7 rings (SSSR count). The zero-order valence-corrected chi connectivity index (χ0v) is 28.6. The third kappa shape index (κ3) is 6.96. The Morgan fingerprint density at radius 3 is 1.12 bits per heavy atom. The molecule has 0 unspecified atom stereocenters. The van der Waals surface area contributed by atoms with Crippen LogP contribution in [0.15, 0.2) is 181 Å². The minimum atomic E-state index is 0.750. The van der Waals surface area contributed by atoms with Crippen molar-refractivity contribution in [1.82, 2.24) is 20.6 Å². The third-order valence-corrected chi connectivity index (χ3v) is 9.22. The van der Waals surface area contributed by atoms with E-state index < -0.39 is 0 Å². The molecular weight excluding hydrogens is 609 g/mol. The van der Waals surface area contributed by atoms with Gasteiger partial charge in [-0.25, -0.2) is 0 Å². The van der Waals surface area contributed by atoms with Gasteiger partial charge in [0.25, 0.3) is 0 Å². The molecule has 4 aromatic carbocycles. The summed E-state index contributed by atoms with van der Waals surface area (Å²) < 4.78 is 0. The van der Waals surface area contributed by atoms with E-state index in [-0.39, 0.29) is 0 Å². The largest absolute Gasteiger partial charge is 0.388 e. The lowest BCUT2D eigenvalue weighted by atomic mass is 9.98. The van der Waals surface area contributed by atoms with E-state index in [9.17, 15) is 0 Å². The van der Waals surface area contributed by atoms with E-state index in [1.54, 1.807) is 0 Å². The fraction of sp³-hybridized carbons (Fsp3) is 0.0870. The van der Waals surface area contributed by atoms with Gasteiger partial charge in [0, 0.05) is 58.7 Å². The highest BCUT2D eigenvalue weighted by molar-refractivity contribution is 5.86. The van der Waals surface area contributed by atoms with Crippen LogP contribution in [-0.4, -0.2) is 24.1 Å². The van der Waals surface area contributed by atoms with E-state index in [2.05, 4.69) is 190 Å². The lowest BCUT2D eigenvalue weighted by Crippen LogP contribution is -2.16. The highest BCUT2D eigenvalue weighted by Gasteiger charge is 2.17. The van der Waals surface area contributed by atoms with Crippen LogP contribution in [0.25, 0.3) is 22.3 Å². The van der Waals surface area contributed by atoms with Crippen molar-refractivity contribution >= 4 is 22.3 Å². The fourth-order valence-corrected chi connectivity index (χ4v) is 6.77. The van der Waals surface area contributed by atoms with Gasteiger partial charge in [-0.05, 0) is 82.7 Å². The fourth-order valence-electron chi connectivity index (χ4n) is 6.77. The van der Waals surface area contributed by atoms with Crippen LogP contribution in [-0.2, 0) is 0 Å². The molecule has 2 aromatic heterocycles. The third-order valence-electron chi connectivity index (χ3n) is 9.22. The molecule has 3 heterocycles. The molecule has 4 heteroatoms. The van der Waals surface area contributed by atoms with E-state index >= 15 is 0 Å². The lowest BCUT2D eigenvalue weighted by molar-refractivity contribution is 1.03. The van der Waals surface area contributed by atoms with Crippen LogP contribution < -0.4 is 21.3 Å². The van der Waals surface area contributed by atoms with Gasteiger partial charge in [0.2, 0.25) is 0 Å². The van der Waals surface area contributed by atoms with Crippen molar-refractivity contribution in [3.8, 4) is 0 Å². The van der Waals surface area contributed by atoms with Gasteiger partial charge < -0.3 is 20.6 Å². The summed E-state index contributed by atoms with van der Waals surface area (Å²) in [5.41, 5.74) is 13.5. The summed E-state index contributed by atoms with van der Waals surface area (Å²) in [6.45, 7) is 0. The topological polar surface area (TPSA) is 55.6 Å². The maximum absolute atomic E-state index is 3.83. The summed E-state index contributed by atoms with van der Waals surface area (Å²) >= 11 is 0. The molecule has 0 aliphatic carbocycles. The van der Waals surface area contributed by atoms with E-state index in [1.165, 1.54) is 22.3 Å². The van der Waals surface area contributed by atoms with Crippen LogP contribution in [0, 0.1) is 0 Å². The quantitative estimate of drug-likeness (QED) is 0.147. The molecule has 0 radical (unpaired) electrons. The minimum Gasteiger partial charge on any atom is -0.388 e. The number of benzene rings is 4. The van der Waals surface area contributed by atoms with Gasteiger partial charge >= 0.3 is 0 Å². The second-order valence-electron chi connectivity index (χ2n) is 12.3. The number of fused-ring (bicyclic) bond motifs is 4. The van der Waals surface area contributed by atoms with Crippen molar-refractivity contribution in [1.29, 1.82) is 0 Å². The van der Waals surface area contributed by atoms with Crippen LogP contribution in [0.5, 0.6) is 0 Å². The summed E-state index contributed by atoms with van der Waals surface area (Å²) in [4.78, 5) is 7.67. The number of aromatic amines is 2. The Bertz CT molecular complexity index is 2140. The molecule has 0 saturated heterocycles. The molecule has 0 saturated carbocycles. The molecule has 0 atom stereocenters. The summed E-state index contributed by atoms with van der Waals surface area (Å²) in [6.07, 6.45) is 10.5. The van der Waals surface area contributed by atoms with Gasteiger partial charge in [0.05, 0.1) is 0 Å². The Morgan fingerprint density at radius 1 is 0.400 bits per heavy atom. The van der Waals surface area contributed by atoms with Crippen LogP contribution >= 0.6 is 0 Å². The summed E-state index contributed by atoms with van der Waals surface area (Å²) in [5.74, 6) is 0. The maximum atomic E-state index is 3.83. The number of rotatable bonds is 6. The van der Waals surface area contributed by atoms with Crippen molar-refractivity contribution in [2.45, 2.75) is 12.8 Å². The number of H-pyrrole nitrogens is 2. The Labute approximate surface area is 294 Å². The van der Waals surface area contributed by atoms with Crippen LogP contribution in [0.3, 0.4) is 0 Å². The van der Waals surface area contributed by atoms with Gasteiger partial charge in [-0.15, -0.1) is 0 Å². The van der Waals surface area contributed by atoms with Crippen LogP contribution in [0.2, 0.25) is 0 Å². The Balaban J connectivity index is 1.51. The molecule has 4 nitrogen and oxygen atoms in total. The summed E-state index contributed by atoms with van der Waals surface area (Å²) in [7, 11) is 4.00. The highest BCUT2D eigenvalue weighted by Crippen LogP contribution is 2.32. The first-order chi connectivity index (χ1) is 24.7. The molecule has 246 valence electrons. The number of allylic oxidation sites excluding steroid dienone is 4. The second-order valence-corrected chi connectivity index (χ2v) is 12.3. The number of aromatic nitrogens is 2. The molecular formula is C46H42N4. The van der Waals surface area contributed by atoms with E-state index in [0.29, 0.717) is 0 Å². The van der Waals surface area contributed by atoms with E-state index in [4.69, 9.17) is 0 Å². The molecule has 1 aliphatic heterocycles. The first-order valence-corrected chi connectivity index (χ1v) is 17.2. The molecule has 0 spiro atoms. The molecule has 0 fully saturated rings. The SMILES string of the molecule is CNC1=C(/c2ccccc2)c2ccc([nH]2)/C(c2ccccc2)=C(NC)/C=C\C/C(c2ccccc2)=c2/cc/c([nH]2)=C(\c2ccccc2)C/C=C\1. The minimum absolute atomic E-state index is 0.750. The number of likely N-dealkylation sites (N-methyl/N-ethyl adjacent to an activating group) is 2. The van der Waals surface area contributed by atoms with Crippen molar-refractivity contribution in [3.05, 3.63) is 226 Å². The molecule has 6 aromatic rings. The van der Waals surface area contributed by atoms with E-state index in [1.807, 2.05) is 14.1 Å². The smallest absolute Gasteiger partial charge is 0.0485 e. The van der Waals surface area contributed by atoms with Gasteiger partial charge in [0.15, 0.2) is 0 Å². The predicted octanol–water partition coefficient (Wildman–Crippen LogP) is 8.30. The number of hydrogen-bond acceptors (Lipinski definition) is 2. The zero-order chi connectivity index (χ0) is 34.1. The van der Waals surface area contributed by atoms with Gasteiger partial charge in [-0.2, -0.15) is 0 Å². The Kier molecular flexibility index (Phi) is 9.89. The first kappa shape index (κ1) is 32.3. The molecule has 50 heavy (non-hydrogen) atoms. The number of hydrogen-bond donors (Lipinski definition) is 4. The zero-order valence-electron chi connectivity index (χ0n) is 28.6. The van der Waals surface area contributed by atoms with Crippen LogP contribution in [0.1, 0.15) is 46.5 Å². The summed E-state index contributed by atoms with van der Waals surface area (Å²) in [6, 6.07) is 51.4. The first-order valence-electron chi connectivity index (χ1n) is 17.2. The van der Waals surface area contributed by atoms with Crippen molar-refractivity contribution in [2.75, 3.05) is 14.1 Å². The van der Waals surface area contributed by atoms with Gasteiger partial charge in [0.1, 0.15) is 0 Å². The molecule has 4 N–H and O–H groups in total. The maximum Gasteiger partial charge on any atom is 0.0485 e. The highest BCUT2D eigenvalue weighted by atomic mass is 14.9. The van der Waals surface area contributed by atoms with Crippen molar-refractivity contribution in [3.63, 3.8) is 0 Å². The monoisotopic (exact) mass is 650 g/mol. The summed E-state index contributed by atoms with van der Waals surface area (Å²) in [5, 5.41) is 9.29. The second kappa shape index (κ2) is 15.3.